The molecule has 0 radical (unpaired) electrons. The Labute approximate surface area is 95.5 Å². The highest BCUT2D eigenvalue weighted by Crippen LogP contribution is 1.98. The third kappa shape index (κ3) is 9.17. The molecule has 0 aromatic rings. The standard InChI is InChI=1S/C10H18N2O3.H2O/c1-4-9(13)11-6-5-7-12(2,3)8-10(14)15;/h4H,1,5-8H2,2-3H3,(H-,11,13,14,15);1H2. The maximum atomic E-state index is 10.8. The molecule has 0 aliphatic carbocycles. The van der Waals surface area contributed by atoms with E-state index in [0.29, 0.717) is 17.6 Å². The largest absolute Gasteiger partial charge is 0.870 e. The Morgan fingerprint density at radius 1 is 1.44 bits per heavy atom. The number of likely N-dealkylation sites (N-methyl/N-ethyl adjacent to an activating group) is 1. The summed E-state index contributed by atoms with van der Waals surface area (Å²) in [4.78, 5) is 21.3. The molecular weight excluding hydrogens is 212 g/mol. The molecule has 0 rings (SSSR count). The number of carbonyl (C=O) groups excluding carboxylic acids is 1. The average Bonchev–Trinajstić information content (AvgIpc) is 2.10. The van der Waals surface area contributed by atoms with Crippen LogP contribution in [0.1, 0.15) is 6.42 Å². The first-order chi connectivity index (χ1) is 6.87. The number of amides is 1. The molecule has 6 nitrogen and oxygen atoms in total. The Kier molecular flexibility index (Phi) is 8.33. The first-order valence-electron chi connectivity index (χ1n) is 4.81. The monoisotopic (exact) mass is 232 g/mol. The predicted molar refractivity (Wildman–Crippen MR) is 59.2 cm³/mol. The van der Waals surface area contributed by atoms with Crippen molar-refractivity contribution in [2.24, 2.45) is 0 Å². The van der Waals surface area contributed by atoms with Crippen LogP contribution in [-0.4, -0.2) is 60.7 Å². The van der Waals surface area contributed by atoms with E-state index in [1.54, 1.807) is 0 Å². The maximum Gasteiger partial charge on any atom is 0.359 e. The van der Waals surface area contributed by atoms with Gasteiger partial charge in [-0.25, -0.2) is 4.79 Å². The summed E-state index contributed by atoms with van der Waals surface area (Å²) in [7, 11) is 3.70. The smallest absolute Gasteiger partial charge is 0.359 e. The van der Waals surface area contributed by atoms with Crippen molar-refractivity contribution in [1.82, 2.24) is 5.32 Å². The van der Waals surface area contributed by atoms with Gasteiger partial charge in [0.25, 0.3) is 0 Å². The van der Waals surface area contributed by atoms with Gasteiger partial charge in [-0.15, -0.1) is 0 Å². The van der Waals surface area contributed by atoms with Crippen molar-refractivity contribution in [3.63, 3.8) is 0 Å². The van der Waals surface area contributed by atoms with Gasteiger partial charge in [-0.2, -0.15) is 0 Å². The van der Waals surface area contributed by atoms with Crippen molar-refractivity contribution >= 4 is 11.9 Å². The Hall–Kier alpha value is -1.40. The summed E-state index contributed by atoms with van der Waals surface area (Å²) in [5, 5.41) is 11.3. The van der Waals surface area contributed by atoms with Crippen LogP contribution in [0.5, 0.6) is 0 Å². The number of carboxylic acids is 1. The van der Waals surface area contributed by atoms with Crippen molar-refractivity contribution < 1.29 is 24.7 Å². The van der Waals surface area contributed by atoms with Gasteiger partial charge in [-0.05, 0) is 6.08 Å². The summed E-state index contributed by atoms with van der Waals surface area (Å²) in [5.41, 5.74) is 0. The van der Waals surface area contributed by atoms with Crippen LogP contribution < -0.4 is 5.32 Å². The lowest BCUT2D eigenvalue weighted by molar-refractivity contribution is -0.883. The molecule has 6 heteroatoms. The lowest BCUT2D eigenvalue weighted by Crippen LogP contribution is -2.45. The Morgan fingerprint density at radius 3 is 2.44 bits per heavy atom. The molecule has 1 amide bonds. The molecule has 0 bridgehead atoms. The van der Waals surface area contributed by atoms with Crippen LogP contribution in [0.4, 0.5) is 0 Å². The second kappa shape index (κ2) is 7.84. The molecule has 16 heavy (non-hydrogen) atoms. The maximum absolute atomic E-state index is 10.8. The highest BCUT2D eigenvalue weighted by Gasteiger charge is 2.18. The van der Waals surface area contributed by atoms with Crippen LogP contribution in [0.3, 0.4) is 0 Å². The van der Waals surface area contributed by atoms with Gasteiger partial charge in [0.1, 0.15) is 0 Å². The minimum Gasteiger partial charge on any atom is -0.870 e. The van der Waals surface area contributed by atoms with Crippen LogP contribution in [0.15, 0.2) is 12.7 Å². The third-order valence-electron chi connectivity index (χ3n) is 1.99. The highest BCUT2D eigenvalue weighted by atomic mass is 16.4. The van der Waals surface area contributed by atoms with Gasteiger partial charge in [0.15, 0.2) is 6.54 Å². The zero-order valence-corrected chi connectivity index (χ0v) is 9.77. The number of hydrogen-bond donors (Lipinski definition) is 2. The van der Waals surface area contributed by atoms with E-state index in [9.17, 15) is 9.59 Å². The van der Waals surface area contributed by atoms with Gasteiger partial charge < -0.3 is 20.4 Å². The number of rotatable bonds is 7. The van der Waals surface area contributed by atoms with Gasteiger partial charge in [0, 0.05) is 13.0 Å². The third-order valence-corrected chi connectivity index (χ3v) is 1.99. The molecule has 0 unspecified atom stereocenters. The summed E-state index contributed by atoms with van der Waals surface area (Å²) >= 11 is 0. The average molecular weight is 232 g/mol. The quantitative estimate of drug-likeness (QED) is 0.356. The van der Waals surface area contributed by atoms with E-state index in [2.05, 4.69) is 11.9 Å². The molecule has 0 spiro atoms. The predicted octanol–water partition coefficient (Wildman–Crippen LogP) is -0.337. The fraction of sp³-hybridized carbons (Fsp3) is 0.600. The van der Waals surface area contributed by atoms with Crippen molar-refractivity contribution in [3.05, 3.63) is 12.7 Å². The SMILES string of the molecule is C=CC(=O)NCCC[N+](C)(C)CC(=O)O.[OH-]. The molecule has 0 heterocycles. The Bertz CT molecular complexity index is 251. The van der Waals surface area contributed by atoms with Crippen molar-refractivity contribution in [2.45, 2.75) is 6.42 Å². The molecule has 0 fully saturated rings. The van der Waals surface area contributed by atoms with E-state index in [1.165, 1.54) is 6.08 Å². The number of nitrogens with zero attached hydrogens (tertiary/aromatic N) is 1. The first-order valence-corrected chi connectivity index (χ1v) is 4.81. The second-order valence-corrected chi connectivity index (χ2v) is 4.06. The minimum absolute atomic E-state index is 0. The summed E-state index contributed by atoms with van der Waals surface area (Å²) in [6, 6.07) is 0. The molecule has 0 aliphatic rings. The van der Waals surface area contributed by atoms with Crippen LogP contribution in [0.2, 0.25) is 0 Å². The van der Waals surface area contributed by atoms with Gasteiger partial charge in [0.2, 0.25) is 5.91 Å². The number of carboxylic acid groups (broad SMARTS) is 1. The topological polar surface area (TPSA) is 96.4 Å². The van der Waals surface area contributed by atoms with E-state index >= 15 is 0 Å². The zero-order valence-electron chi connectivity index (χ0n) is 9.77. The van der Waals surface area contributed by atoms with E-state index < -0.39 is 5.97 Å². The zero-order chi connectivity index (χ0) is 11.9. The van der Waals surface area contributed by atoms with Crippen LogP contribution >= 0.6 is 0 Å². The van der Waals surface area contributed by atoms with Crippen LogP contribution in [-0.2, 0) is 9.59 Å². The summed E-state index contributed by atoms with van der Waals surface area (Å²) in [6.07, 6.45) is 1.97. The van der Waals surface area contributed by atoms with E-state index in [0.717, 1.165) is 6.42 Å². The first kappa shape index (κ1) is 17.0. The number of hydrogen-bond acceptors (Lipinski definition) is 3. The molecule has 0 aromatic heterocycles. The number of quaternary nitrogens is 1. The van der Waals surface area contributed by atoms with Crippen LogP contribution in [0.25, 0.3) is 0 Å². The van der Waals surface area contributed by atoms with Crippen molar-refractivity contribution in [3.8, 4) is 0 Å². The fourth-order valence-corrected chi connectivity index (χ4v) is 1.24. The van der Waals surface area contributed by atoms with Gasteiger partial charge >= 0.3 is 5.97 Å². The molecular formula is C10H20N2O4. The molecule has 0 aromatic carbocycles. The molecule has 0 saturated heterocycles. The van der Waals surface area contributed by atoms with Crippen LogP contribution in [0, 0.1) is 0 Å². The number of carbonyl (C=O) groups is 2. The molecule has 0 saturated carbocycles. The van der Waals surface area contributed by atoms with E-state index in [-0.39, 0.29) is 17.9 Å². The minimum atomic E-state index is -0.810. The normalized spacial score (nSPS) is 10.1. The van der Waals surface area contributed by atoms with Gasteiger partial charge in [-0.1, -0.05) is 6.58 Å². The number of aliphatic carboxylic acids is 1. The lowest BCUT2D eigenvalue weighted by Gasteiger charge is -2.27. The molecule has 0 aliphatic heterocycles. The van der Waals surface area contributed by atoms with E-state index in [4.69, 9.17) is 5.11 Å². The van der Waals surface area contributed by atoms with Gasteiger partial charge in [0.05, 0.1) is 20.6 Å². The molecule has 94 valence electrons. The summed E-state index contributed by atoms with van der Waals surface area (Å²) in [5.74, 6) is -1.01. The fourth-order valence-electron chi connectivity index (χ4n) is 1.24. The molecule has 0 atom stereocenters. The van der Waals surface area contributed by atoms with Crippen molar-refractivity contribution in [1.29, 1.82) is 0 Å². The second-order valence-electron chi connectivity index (χ2n) is 4.06. The number of nitrogens with one attached hydrogen (secondary N) is 1. The Balaban J connectivity index is 0. The summed E-state index contributed by atoms with van der Waals surface area (Å²) < 4.78 is 0.416. The Morgan fingerprint density at radius 2 is 2.00 bits per heavy atom. The van der Waals surface area contributed by atoms with E-state index in [1.807, 2.05) is 14.1 Å². The van der Waals surface area contributed by atoms with Crippen molar-refractivity contribution in [2.75, 3.05) is 33.7 Å². The highest BCUT2D eigenvalue weighted by molar-refractivity contribution is 5.86. The molecule has 3 N–H and O–H groups in total. The van der Waals surface area contributed by atoms with Gasteiger partial charge in [-0.3, -0.25) is 4.79 Å². The summed E-state index contributed by atoms with van der Waals surface area (Å²) in [6.45, 7) is 4.69. The lowest BCUT2D eigenvalue weighted by atomic mass is 10.3.